The van der Waals surface area contributed by atoms with Gasteiger partial charge in [0, 0.05) is 24.2 Å². The Morgan fingerprint density at radius 1 is 1.26 bits per heavy atom. The maximum absolute atomic E-state index is 14.0. The van der Waals surface area contributed by atoms with Crippen molar-refractivity contribution >= 4 is 34.7 Å². The van der Waals surface area contributed by atoms with E-state index in [2.05, 4.69) is 20.3 Å². The average Bonchev–Trinajstić information content (AvgIpc) is 3.10. The van der Waals surface area contributed by atoms with Crippen molar-refractivity contribution in [3.05, 3.63) is 40.9 Å². The smallest absolute Gasteiger partial charge is 0.407 e. The third-order valence-electron chi connectivity index (χ3n) is 4.33. The van der Waals surface area contributed by atoms with Crippen molar-refractivity contribution in [2.75, 3.05) is 18.9 Å². The number of aryl methyl sites for hydroxylation is 1. The van der Waals surface area contributed by atoms with Crippen LogP contribution in [-0.2, 0) is 17.8 Å². The monoisotopic (exact) mass is 454 g/mol. The highest BCUT2D eigenvalue weighted by atomic mass is 35.5. The van der Waals surface area contributed by atoms with Crippen LogP contribution >= 0.6 is 11.6 Å². The van der Waals surface area contributed by atoms with Gasteiger partial charge in [-0.15, -0.1) is 0 Å². The molecule has 0 unspecified atom stereocenters. The number of imidazole rings is 1. The van der Waals surface area contributed by atoms with Gasteiger partial charge in [0.05, 0.1) is 26.1 Å². The first kappa shape index (κ1) is 22.5. The van der Waals surface area contributed by atoms with Crippen LogP contribution in [0, 0.1) is 11.6 Å². The van der Waals surface area contributed by atoms with E-state index in [1.54, 1.807) is 17.8 Å². The number of carbonyl (C=O) groups is 1. The Morgan fingerprint density at radius 2 is 2.00 bits per heavy atom. The fraction of sp³-hybridized carbons (Fsp3) is 0.368. The van der Waals surface area contributed by atoms with Crippen molar-refractivity contribution in [2.24, 2.45) is 0 Å². The Morgan fingerprint density at radius 3 is 2.71 bits per heavy atom. The molecule has 9 nitrogen and oxygen atoms in total. The van der Waals surface area contributed by atoms with Gasteiger partial charge >= 0.3 is 6.09 Å². The van der Waals surface area contributed by atoms with Gasteiger partial charge in [0.1, 0.15) is 22.9 Å². The van der Waals surface area contributed by atoms with Crippen molar-refractivity contribution < 1.29 is 23.0 Å². The zero-order valence-corrected chi connectivity index (χ0v) is 17.5. The summed E-state index contributed by atoms with van der Waals surface area (Å²) in [5, 5.41) is 2.36. The van der Waals surface area contributed by atoms with E-state index in [0.29, 0.717) is 30.6 Å². The number of unbranched alkanes of at least 4 members (excludes halogenated alkanes) is 1. The maximum Gasteiger partial charge on any atom is 0.407 e. The standard InChI is InChI=1S/C19H21ClF2N6O3/c1-2-30-11-7-13(21)12(14(22)8-11)9-24-19(29)31-6-4-3-5-28-10-25-15-16(23)26-18(20)27-17(15)28/h7-8,10H,2-6,9H2,1H3,(H,24,29)(H2,23,26,27). The van der Waals surface area contributed by atoms with Crippen LogP contribution in [0.5, 0.6) is 5.75 Å². The second-order valence-corrected chi connectivity index (χ2v) is 6.82. The van der Waals surface area contributed by atoms with E-state index in [4.69, 9.17) is 26.8 Å². The van der Waals surface area contributed by atoms with Crippen LogP contribution in [-0.4, -0.2) is 38.8 Å². The van der Waals surface area contributed by atoms with Gasteiger partial charge in [0.2, 0.25) is 5.28 Å². The predicted octanol–water partition coefficient (Wildman–Crippen LogP) is 3.45. The van der Waals surface area contributed by atoms with Crippen LogP contribution in [0.15, 0.2) is 18.5 Å². The number of ether oxygens (including phenoxy) is 2. The SMILES string of the molecule is CCOc1cc(F)c(CNC(=O)OCCCCn2cnc3c(N)nc(Cl)nc32)c(F)c1. The quantitative estimate of drug-likeness (QED) is 0.375. The topological polar surface area (TPSA) is 117 Å². The number of nitrogens with two attached hydrogens (primary N) is 1. The van der Waals surface area contributed by atoms with Gasteiger partial charge in [-0.25, -0.2) is 18.6 Å². The molecule has 0 bridgehead atoms. The summed E-state index contributed by atoms with van der Waals surface area (Å²) in [5.74, 6) is -1.32. The largest absolute Gasteiger partial charge is 0.494 e. The van der Waals surface area contributed by atoms with Gasteiger partial charge in [-0.2, -0.15) is 9.97 Å². The molecular formula is C19H21ClF2N6O3. The van der Waals surface area contributed by atoms with Crippen LogP contribution in [0.2, 0.25) is 5.28 Å². The molecule has 2 aromatic heterocycles. The van der Waals surface area contributed by atoms with Crippen molar-refractivity contribution in [3.63, 3.8) is 0 Å². The molecule has 0 aliphatic rings. The highest BCUT2D eigenvalue weighted by Gasteiger charge is 2.14. The molecular weight excluding hydrogens is 434 g/mol. The number of nitrogen functional groups attached to an aromatic ring is 1. The summed E-state index contributed by atoms with van der Waals surface area (Å²) in [7, 11) is 0. The molecule has 12 heteroatoms. The van der Waals surface area contributed by atoms with Crippen molar-refractivity contribution in [3.8, 4) is 5.75 Å². The van der Waals surface area contributed by atoms with E-state index in [0.717, 1.165) is 12.1 Å². The van der Waals surface area contributed by atoms with Gasteiger partial charge in [-0.1, -0.05) is 0 Å². The number of alkyl carbamates (subject to hydrolysis) is 1. The third-order valence-corrected chi connectivity index (χ3v) is 4.49. The molecule has 166 valence electrons. The van der Waals surface area contributed by atoms with E-state index in [1.807, 2.05) is 0 Å². The number of fused-ring (bicyclic) bond motifs is 1. The molecule has 3 N–H and O–H groups in total. The number of rotatable bonds is 9. The van der Waals surface area contributed by atoms with Crippen LogP contribution in [0.1, 0.15) is 25.3 Å². The summed E-state index contributed by atoms with van der Waals surface area (Å²) in [6.45, 7) is 2.33. The molecule has 2 heterocycles. The summed E-state index contributed by atoms with van der Waals surface area (Å²) in [6, 6.07) is 2.14. The minimum atomic E-state index is -0.805. The molecule has 0 fully saturated rings. The summed E-state index contributed by atoms with van der Waals surface area (Å²) < 4.78 is 39.9. The maximum atomic E-state index is 14.0. The van der Waals surface area contributed by atoms with Crippen molar-refractivity contribution in [1.29, 1.82) is 0 Å². The number of benzene rings is 1. The van der Waals surface area contributed by atoms with E-state index >= 15 is 0 Å². The Labute approximate surface area is 181 Å². The second kappa shape index (κ2) is 10.2. The summed E-state index contributed by atoms with van der Waals surface area (Å²) in [5.41, 5.74) is 6.48. The zero-order chi connectivity index (χ0) is 22.4. The average molecular weight is 455 g/mol. The van der Waals surface area contributed by atoms with Crippen molar-refractivity contribution in [2.45, 2.75) is 32.9 Å². The number of carbonyl (C=O) groups excluding carboxylic acids is 1. The number of hydrogen-bond donors (Lipinski definition) is 2. The molecule has 0 atom stereocenters. The first-order valence-corrected chi connectivity index (χ1v) is 9.92. The van der Waals surface area contributed by atoms with Crippen LogP contribution in [0.25, 0.3) is 11.2 Å². The molecule has 0 radical (unpaired) electrons. The number of halogens is 3. The minimum Gasteiger partial charge on any atom is -0.494 e. The van der Waals surface area contributed by atoms with Crippen LogP contribution in [0.3, 0.4) is 0 Å². The Bertz CT molecular complexity index is 1060. The molecule has 1 amide bonds. The van der Waals surface area contributed by atoms with Gasteiger partial charge < -0.3 is 25.1 Å². The highest BCUT2D eigenvalue weighted by molar-refractivity contribution is 6.28. The number of anilines is 1. The normalized spacial score (nSPS) is 11.0. The lowest BCUT2D eigenvalue weighted by atomic mass is 10.2. The second-order valence-electron chi connectivity index (χ2n) is 6.48. The van der Waals surface area contributed by atoms with Crippen LogP contribution in [0.4, 0.5) is 19.4 Å². The summed E-state index contributed by atoms with van der Waals surface area (Å²) >= 11 is 5.83. The molecule has 0 saturated heterocycles. The predicted molar refractivity (Wildman–Crippen MR) is 110 cm³/mol. The Balaban J connectivity index is 1.41. The van der Waals surface area contributed by atoms with Gasteiger partial charge in [-0.3, -0.25) is 0 Å². The fourth-order valence-corrected chi connectivity index (χ4v) is 3.03. The van der Waals surface area contributed by atoms with Gasteiger partial charge in [0.15, 0.2) is 11.5 Å². The fourth-order valence-electron chi connectivity index (χ4n) is 2.86. The minimum absolute atomic E-state index is 0.0344. The molecule has 0 aliphatic carbocycles. The van der Waals surface area contributed by atoms with Crippen molar-refractivity contribution in [1.82, 2.24) is 24.8 Å². The summed E-state index contributed by atoms with van der Waals surface area (Å²) in [4.78, 5) is 23.9. The lowest BCUT2D eigenvalue weighted by molar-refractivity contribution is 0.143. The molecule has 0 spiro atoms. The van der Waals surface area contributed by atoms with E-state index in [9.17, 15) is 13.6 Å². The zero-order valence-electron chi connectivity index (χ0n) is 16.7. The summed E-state index contributed by atoms with van der Waals surface area (Å²) in [6.07, 6.45) is 2.02. The number of nitrogens with one attached hydrogen (secondary N) is 1. The number of aromatic nitrogens is 4. The lowest BCUT2D eigenvalue weighted by Crippen LogP contribution is -2.25. The molecule has 31 heavy (non-hydrogen) atoms. The van der Waals surface area contributed by atoms with Gasteiger partial charge in [0.25, 0.3) is 0 Å². The van der Waals surface area contributed by atoms with E-state index in [-0.39, 0.29) is 42.2 Å². The van der Waals surface area contributed by atoms with Gasteiger partial charge in [-0.05, 0) is 31.4 Å². The molecule has 3 rings (SSSR count). The number of hydrogen-bond acceptors (Lipinski definition) is 7. The van der Waals surface area contributed by atoms with E-state index in [1.165, 1.54) is 0 Å². The first-order valence-electron chi connectivity index (χ1n) is 9.54. The molecule has 0 saturated carbocycles. The molecule has 1 aromatic carbocycles. The van der Waals surface area contributed by atoms with Crippen LogP contribution < -0.4 is 15.8 Å². The lowest BCUT2D eigenvalue weighted by Gasteiger charge is -2.10. The molecule has 3 aromatic rings. The molecule has 0 aliphatic heterocycles. The highest BCUT2D eigenvalue weighted by Crippen LogP contribution is 2.21. The third kappa shape index (κ3) is 5.69. The Hall–Kier alpha value is -3.21. The number of amides is 1. The number of nitrogens with zero attached hydrogens (tertiary/aromatic N) is 4. The van der Waals surface area contributed by atoms with E-state index < -0.39 is 17.7 Å². The Kier molecular flexibility index (Phi) is 7.40. The first-order chi connectivity index (χ1) is 14.9.